The summed E-state index contributed by atoms with van der Waals surface area (Å²) in [4.78, 5) is 9.98. The number of guanidine groups is 1. The molecule has 0 aromatic rings. The minimum atomic E-state index is 0. The summed E-state index contributed by atoms with van der Waals surface area (Å²) in [6.45, 7) is 14.6. The molecule has 2 heterocycles. The van der Waals surface area contributed by atoms with E-state index in [2.05, 4.69) is 41.2 Å². The van der Waals surface area contributed by atoms with E-state index in [1.165, 1.54) is 64.7 Å². The summed E-state index contributed by atoms with van der Waals surface area (Å²) >= 11 is 0. The molecule has 0 aromatic carbocycles. The van der Waals surface area contributed by atoms with E-state index in [-0.39, 0.29) is 24.0 Å². The minimum absolute atomic E-state index is 0. The Morgan fingerprint density at radius 1 is 1.04 bits per heavy atom. The first kappa shape index (κ1) is 23.0. The van der Waals surface area contributed by atoms with Crippen LogP contribution in [0.4, 0.5) is 0 Å². The van der Waals surface area contributed by atoms with Gasteiger partial charge in [-0.25, -0.2) is 0 Å². The molecule has 2 N–H and O–H groups in total. The fourth-order valence-electron chi connectivity index (χ4n) is 3.74. The van der Waals surface area contributed by atoms with E-state index in [1.807, 2.05) is 0 Å². The second-order valence-corrected chi connectivity index (χ2v) is 7.56. The molecule has 0 radical (unpaired) electrons. The molecule has 5 nitrogen and oxygen atoms in total. The first-order chi connectivity index (χ1) is 11.7. The molecule has 0 amide bonds. The van der Waals surface area contributed by atoms with Gasteiger partial charge in [0.25, 0.3) is 0 Å². The topological polar surface area (TPSA) is 42.9 Å². The van der Waals surface area contributed by atoms with Crippen LogP contribution in [0.5, 0.6) is 0 Å². The lowest BCUT2D eigenvalue weighted by Crippen LogP contribution is -2.50. The summed E-state index contributed by atoms with van der Waals surface area (Å²) in [5.41, 5.74) is 0. The van der Waals surface area contributed by atoms with E-state index >= 15 is 0 Å². The monoisotopic (exact) mass is 465 g/mol. The van der Waals surface area contributed by atoms with Crippen LogP contribution in [0, 0.1) is 0 Å². The van der Waals surface area contributed by atoms with Crippen LogP contribution in [0.2, 0.25) is 0 Å². The van der Waals surface area contributed by atoms with Crippen LogP contribution < -0.4 is 10.6 Å². The van der Waals surface area contributed by atoms with E-state index in [9.17, 15) is 0 Å². The van der Waals surface area contributed by atoms with Gasteiger partial charge in [0.2, 0.25) is 0 Å². The van der Waals surface area contributed by atoms with Crippen LogP contribution in [-0.2, 0) is 0 Å². The standard InChI is InChI=1S/C19H39N5.HI/c1-4-20-19(21-11-16-23-12-7-5-6-8-13-23)22-18-9-14-24(15-10-18)17(2)3;/h17-18H,4-16H2,1-3H3,(H2,20,21,22);1H. The van der Waals surface area contributed by atoms with Gasteiger partial charge < -0.3 is 20.4 Å². The molecule has 0 saturated carbocycles. The van der Waals surface area contributed by atoms with Crippen molar-refractivity contribution in [3.8, 4) is 0 Å². The molecule has 25 heavy (non-hydrogen) atoms. The van der Waals surface area contributed by atoms with Gasteiger partial charge in [0.1, 0.15) is 0 Å². The van der Waals surface area contributed by atoms with Gasteiger partial charge in [0.05, 0.1) is 6.54 Å². The molecule has 2 saturated heterocycles. The molecule has 148 valence electrons. The number of nitrogens with one attached hydrogen (secondary N) is 2. The molecule has 2 rings (SSSR count). The summed E-state index contributed by atoms with van der Waals surface area (Å²) in [6, 6.07) is 1.23. The molecule has 2 aliphatic rings. The lowest BCUT2D eigenvalue weighted by molar-refractivity contribution is 0.167. The van der Waals surface area contributed by atoms with Gasteiger partial charge >= 0.3 is 0 Å². The third-order valence-corrected chi connectivity index (χ3v) is 5.33. The van der Waals surface area contributed by atoms with Crippen molar-refractivity contribution < 1.29 is 0 Å². The van der Waals surface area contributed by atoms with Gasteiger partial charge in [0, 0.05) is 38.3 Å². The van der Waals surface area contributed by atoms with Crippen molar-refractivity contribution in [3.05, 3.63) is 0 Å². The van der Waals surface area contributed by atoms with Crippen LogP contribution in [0.3, 0.4) is 0 Å². The maximum absolute atomic E-state index is 4.83. The molecular formula is C19H40IN5. The van der Waals surface area contributed by atoms with Gasteiger partial charge in [0.15, 0.2) is 5.96 Å². The molecule has 0 atom stereocenters. The first-order valence-electron chi connectivity index (χ1n) is 10.2. The highest BCUT2D eigenvalue weighted by Gasteiger charge is 2.21. The predicted octanol–water partition coefficient (Wildman–Crippen LogP) is 2.91. The summed E-state index contributed by atoms with van der Waals surface area (Å²) in [5, 5.41) is 7.08. The van der Waals surface area contributed by atoms with Gasteiger partial charge in [-0.2, -0.15) is 0 Å². The van der Waals surface area contributed by atoms with Gasteiger partial charge in [-0.05, 0) is 59.5 Å². The Morgan fingerprint density at radius 3 is 2.24 bits per heavy atom. The molecule has 0 unspecified atom stereocenters. The van der Waals surface area contributed by atoms with Crippen molar-refractivity contribution in [2.24, 2.45) is 4.99 Å². The zero-order chi connectivity index (χ0) is 17.2. The molecule has 0 aliphatic carbocycles. The SMILES string of the molecule is CCNC(=NCCN1CCCCCC1)NC1CCN(C(C)C)CC1.I. The second-order valence-electron chi connectivity index (χ2n) is 7.56. The average Bonchev–Trinajstić information content (AvgIpc) is 2.84. The van der Waals surface area contributed by atoms with E-state index in [4.69, 9.17) is 4.99 Å². The lowest BCUT2D eigenvalue weighted by Gasteiger charge is -2.35. The molecule has 6 heteroatoms. The van der Waals surface area contributed by atoms with Crippen LogP contribution in [0.25, 0.3) is 0 Å². The first-order valence-corrected chi connectivity index (χ1v) is 10.2. The summed E-state index contributed by atoms with van der Waals surface area (Å²) < 4.78 is 0. The number of halogens is 1. The van der Waals surface area contributed by atoms with Crippen molar-refractivity contribution in [3.63, 3.8) is 0 Å². The highest BCUT2D eigenvalue weighted by Crippen LogP contribution is 2.13. The Bertz CT molecular complexity index is 359. The fraction of sp³-hybridized carbons (Fsp3) is 0.947. The van der Waals surface area contributed by atoms with E-state index in [0.717, 1.165) is 25.6 Å². The number of rotatable bonds is 6. The summed E-state index contributed by atoms with van der Waals surface area (Å²) in [5.74, 6) is 1.01. The Hall–Kier alpha value is -0.0800. The zero-order valence-corrected chi connectivity index (χ0v) is 18.9. The average molecular weight is 465 g/mol. The molecule has 2 aliphatic heterocycles. The molecule has 2 fully saturated rings. The van der Waals surface area contributed by atoms with Gasteiger partial charge in [-0.15, -0.1) is 24.0 Å². The highest BCUT2D eigenvalue weighted by molar-refractivity contribution is 14.0. The molecule has 0 bridgehead atoms. The predicted molar refractivity (Wildman–Crippen MR) is 119 cm³/mol. The van der Waals surface area contributed by atoms with Crippen molar-refractivity contribution in [2.75, 3.05) is 45.8 Å². The normalized spacial score (nSPS) is 21.7. The Morgan fingerprint density at radius 2 is 1.68 bits per heavy atom. The van der Waals surface area contributed by atoms with E-state index in [1.54, 1.807) is 0 Å². The van der Waals surface area contributed by atoms with Crippen molar-refractivity contribution in [2.45, 2.75) is 71.4 Å². The Labute approximate surface area is 172 Å². The third-order valence-electron chi connectivity index (χ3n) is 5.33. The second kappa shape index (κ2) is 13.1. The maximum Gasteiger partial charge on any atom is 0.191 e. The van der Waals surface area contributed by atoms with Crippen LogP contribution in [0.1, 0.15) is 59.3 Å². The molecule has 0 aromatic heterocycles. The summed E-state index contributed by atoms with van der Waals surface area (Å²) in [7, 11) is 0. The van der Waals surface area contributed by atoms with Gasteiger partial charge in [-0.1, -0.05) is 12.8 Å². The quantitative estimate of drug-likeness (QED) is 0.360. The molecular weight excluding hydrogens is 425 g/mol. The lowest BCUT2D eigenvalue weighted by atomic mass is 10.0. The van der Waals surface area contributed by atoms with Gasteiger partial charge in [-0.3, -0.25) is 4.99 Å². The number of hydrogen-bond acceptors (Lipinski definition) is 3. The third kappa shape index (κ3) is 8.91. The Kier molecular flexibility index (Phi) is 12.1. The van der Waals surface area contributed by atoms with Crippen LogP contribution in [0.15, 0.2) is 4.99 Å². The Balaban J connectivity index is 0.00000312. The fourth-order valence-corrected chi connectivity index (χ4v) is 3.74. The number of hydrogen-bond donors (Lipinski definition) is 2. The van der Waals surface area contributed by atoms with Crippen molar-refractivity contribution in [1.29, 1.82) is 0 Å². The number of piperidine rings is 1. The van der Waals surface area contributed by atoms with Crippen molar-refractivity contribution in [1.82, 2.24) is 20.4 Å². The largest absolute Gasteiger partial charge is 0.357 e. The number of nitrogens with zero attached hydrogens (tertiary/aromatic N) is 3. The number of aliphatic imine (C=N–C) groups is 1. The highest BCUT2D eigenvalue weighted by atomic mass is 127. The van der Waals surface area contributed by atoms with Crippen molar-refractivity contribution >= 4 is 29.9 Å². The van der Waals surface area contributed by atoms with E-state index in [0.29, 0.717) is 12.1 Å². The van der Waals surface area contributed by atoms with Crippen LogP contribution in [-0.4, -0.2) is 73.7 Å². The van der Waals surface area contributed by atoms with E-state index < -0.39 is 0 Å². The number of likely N-dealkylation sites (tertiary alicyclic amines) is 2. The maximum atomic E-state index is 4.83. The minimum Gasteiger partial charge on any atom is -0.357 e. The molecule has 0 spiro atoms. The zero-order valence-electron chi connectivity index (χ0n) is 16.6. The van der Waals surface area contributed by atoms with Crippen LogP contribution >= 0.6 is 24.0 Å². The summed E-state index contributed by atoms with van der Waals surface area (Å²) in [6.07, 6.45) is 7.95. The smallest absolute Gasteiger partial charge is 0.191 e.